The maximum Gasteiger partial charge on any atom is 0.336 e. The summed E-state index contributed by atoms with van der Waals surface area (Å²) in [5.41, 5.74) is 4.16. The van der Waals surface area contributed by atoms with E-state index in [0.717, 1.165) is 54.7 Å². The van der Waals surface area contributed by atoms with Gasteiger partial charge in [0.25, 0.3) is 0 Å². The molecule has 2 saturated carbocycles. The number of hydrogen-bond donors (Lipinski definition) is 0. The summed E-state index contributed by atoms with van der Waals surface area (Å²) < 4.78 is 11.6. The number of Topliss-reactive ketones (excluding diaryl/α,β-unsaturated/α-hetero) is 1. The van der Waals surface area contributed by atoms with Crippen LogP contribution in [0.25, 0.3) is 0 Å². The number of aliphatic imine (C=N–C) groups is 1. The van der Waals surface area contributed by atoms with Gasteiger partial charge in [0.05, 0.1) is 18.1 Å². The molecule has 2 aromatic rings. The molecule has 2 aromatic carbocycles. The van der Waals surface area contributed by atoms with Crippen LogP contribution in [0.5, 0.6) is 5.75 Å². The van der Waals surface area contributed by atoms with Gasteiger partial charge in [0, 0.05) is 23.7 Å². The number of ketones is 1. The SMILES string of the molecule is CCOc1ccc([C@H]2C(C(=O)OC3CCCC3)=C(C)N=C3C[C@@H](c4ccccc4)CC(=O)C32)cc1. The fourth-order valence-corrected chi connectivity index (χ4v) is 5.92. The summed E-state index contributed by atoms with van der Waals surface area (Å²) in [7, 11) is 0. The van der Waals surface area contributed by atoms with E-state index < -0.39 is 11.8 Å². The van der Waals surface area contributed by atoms with Gasteiger partial charge < -0.3 is 9.47 Å². The van der Waals surface area contributed by atoms with E-state index in [-0.39, 0.29) is 23.8 Å². The van der Waals surface area contributed by atoms with Crippen molar-refractivity contribution in [1.82, 2.24) is 0 Å². The number of rotatable bonds is 6. The van der Waals surface area contributed by atoms with Crippen LogP contribution in [0.2, 0.25) is 0 Å². The number of esters is 1. The number of carbonyl (C=O) groups excluding carboxylic acids is 2. The van der Waals surface area contributed by atoms with Crippen molar-refractivity contribution >= 4 is 17.5 Å². The molecule has 1 aliphatic heterocycles. The molecule has 0 amide bonds. The molecule has 35 heavy (non-hydrogen) atoms. The summed E-state index contributed by atoms with van der Waals surface area (Å²) in [5.74, 6) is -0.134. The van der Waals surface area contributed by atoms with E-state index in [0.29, 0.717) is 24.3 Å². The lowest BCUT2D eigenvalue weighted by Crippen LogP contribution is -2.41. The quantitative estimate of drug-likeness (QED) is 0.474. The molecule has 1 unspecified atom stereocenters. The Hall–Kier alpha value is -3.21. The molecule has 0 aromatic heterocycles. The first-order valence-electron chi connectivity index (χ1n) is 12.8. The highest BCUT2D eigenvalue weighted by molar-refractivity contribution is 6.12. The number of ether oxygens (including phenoxy) is 2. The largest absolute Gasteiger partial charge is 0.494 e. The maximum atomic E-state index is 13.7. The van der Waals surface area contributed by atoms with Gasteiger partial charge in [-0.05, 0) is 75.1 Å². The zero-order chi connectivity index (χ0) is 24.4. The normalized spacial score (nSPS) is 24.7. The van der Waals surface area contributed by atoms with Crippen LogP contribution >= 0.6 is 0 Å². The Morgan fingerprint density at radius 2 is 1.66 bits per heavy atom. The molecule has 3 aliphatic rings. The van der Waals surface area contributed by atoms with Crippen molar-refractivity contribution in [1.29, 1.82) is 0 Å². The number of hydrogen-bond acceptors (Lipinski definition) is 5. The van der Waals surface area contributed by atoms with Gasteiger partial charge in [0.2, 0.25) is 0 Å². The molecule has 5 heteroatoms. The van der Waals surface area contributed by atoms with Gasteiger partial charge in [-0.2, -0.15) is 0 Å². The van der Waals surface area contributed by atoms with Gasteiger partial charge in [-0.25, -0.2) is 4.79 Å². The fourth-order valence-electron chi connectivity index (χ4n) is 5.92. The monoisotopic (exact) mass is 471 g/mol. The molecule has 5 rings (SSSR count). The van der Waals surface area contributed by atoms with E-state index in [1.807, 2.05) is 56.3 Å². The van der Waals surface area contributed by atoms with E-state index in [1.165, 1.54) is 0 Å². The van der Waals surface area contributed by atoms with E-state index in [9.17, 15) is 9.59 Å². The van der Waals surface area contributed by atoms with Crippen molar-refractivity contribution < 1.29 is 19.1 Å². The molecule has 0 N–H and O–H groups in total. The predicted octanol–water partition coefficient (Wildman–Crippen LogP) is 6.15. The zero-order valence-corrected chi connectivity index (χ0v) is 20.5. The second kappa shape index (κ2) is 10.2. The van der Waals surface area contributed by atoms with Crippen LogP contribution < -0.4 is 4.74 Å². The average molecular weight is 472 g/mol. The summed E-state index contributed by atoms with van der Waals surface area (Å²) >= 11 is 0. The molecule has 2 aliphatic carbocycles. The van der Waals surface area contributed by atoms with Gasteiger partial charge in [0.1, 0.15) is 17.6 Å². The minimum absolute atomic E-state index is 0.0429. The predicted molar refractivity (Wildman–Crippen MR) is 136 cm³/mol. The van der Waals surface area contributed by atoms with Gasteiger partial charge in [-0.15, -0.1) is 0 Å². The number of nitrogens with zero attached hydrogens (tertiary/aromatic N) is 1. The van der Waals surface area contributed by atoms with Crippen LogP contribution in [-0.4, -0.2) is 30.2 Å². The van der Waals surface area contributed by atoms with Crippen LogP contribution in [0, 0.1) is 5.92 Å². The third kappa shape index (κ3) is 4.82. The number of allylic oxidation sites excluding steroid dienone is 1. The second-order valence-corrected chi connectivity index (χ2v) is 9.85. The third-order valence-electron chi connectivity index (χ3n) is 7.57. The average Bonchev–Trinajstić information content (AvgIpc) is 3.37. The highest BCUT2D eigenvalue weighted by atomic mass is 16.5. The Balaban J connectivity index is 1.53. The summed E-state index contributed by atoms with van der Waals surface area (Å²) in [6, 6.07) is 18.0. The van der Waals surface area contributed by atoms with Crippen molar-refractivity contribution in [3.05, 3.63) is 77.0 Å². The summed E-state index contributed by atoms with van der Waals surface area (Å²) in [6.45, 7) is 4.41. The molecular weight excluding hydrogens is 438 g/mol. The molecule has 3 atom stereocenters. The van der Waals surface area contributed by atoms with Crippen molar-refractivity contribution in [3.8, 4) is 5.75 Å². The standard InChI is InChI=1S/C30H33NO4/c1-3-34-23-15-13-21(14-16-23)28-27(30(33)35-24-11-7-8-12-24)19(2)31-25-17-22(18-26(32)29(25)28)20-9-5-4-6-10-20/h4-6,9-10,13-16,22,24,28-29H,3,7-8,11-12,17-18H2,1-2H3/t22-,28+,29?/m1/s1. The number of carbonyl (C=O) groups is 2. The smallest absolute Gasteiger partial charge is 0.336 e. The molecule has 0 spiro atoms. The Morgan fingerprint density at radius 1 is 0.943 bits per heavy atom. The molecule has 5 nitrogen and oxygen atoms in total. The molecule has 182 valence electrons. The number of fused-ring (bicyclic) bond motifs is 1. The molecule has 0 saturated heterocycles. The van der Waals surface area contributed by atoms with Gasteiger partial charge in [-0.3, -0.25) is 9.79 Å². The van der Waals surface area contributed by atoms with Crippen molar-refractivity contribution in [2.24, 2.45) is 10.9 Å². The first kappa shape index (κ1) is 23.5. The van der Waals surface area contributed by atoms with E-state index in [2.05, 4.69) is 12.1 Å². The number of benzene rings is 2. The van der Waals surface area contributed by atoms with Crippen LogP contribution in [0.1, 0.15) is 75.3 Å². The molecule has 0 radical (unpaired) electrons. The highest BCUT2D eigenvalue weighted by Crippen LogP contribution is 2.46. The summed E-state index contributed by atoms with van der Waals surface area (Å²) in [5, 5.41) is 0. The Bertz CT molecular complexity index is 1140. The Kier molecular flexibility index (Phi) is 6.85. The molecular formula is C30H33NO4. The lowest BCUT2D eigenvalue weighted by atomic mass is 9.66. The Morgan fingerprint density at radius 3 is 2.34 bits per heavy atom. The molecule has 2 fully saturated rings. The van der Waals surface area contributed by atoms with Crippen LogP contribution in [-0.2, 0) is 14.3 Å². The highest BCUT2D eigenvalue weighted by Gasteiger charge is 2.46. The topological polar surface area (TPSA) is 65.0 Å². The van der Waals surface area contributed by atoms with E-state index >= 15 is 0 Å². The van der Waals surface area contributed by atoms with Crippen LogP contribution in [0.15, 0.2) is 70.9 Å². The molecule has 1 heterocycles. The Labute approximate surface area is 207 Å². The van der Waals surface area contributed by atoms with Gasteiger partial charge in [0.15, 0.2) is 0 Å². The second-order valence-electron chi connectivity index (χ2n) is 9.85. The van der Waals surface area contributed by atoms with Gasteiger partial charge >= 0.3 is 5.97 Å². The van der Waals surface area contributed by atoms with Crippen molar-refractivity contribution in [2.45, 2.75) is 70.3 Å². The lowest BCUT2D eigenvalue weighted by Gasteiger charge is -2.38. The minimum Gasteiger partial charge on any atom is -0.494 e. The van der Waals surface area contributed by atoms with E-state index in [1.54, 1.807) is 0 Å². The third-order valence-corrected chi connectivity index (χ3v) is 7.57. The van der Waals surface area contributed by atoms with Gasteiger partial charge in [-0.1, -0.05) is 42.5 Å². The zero-order valence-electron chi connectivity index (χ0n) is 20.5. The van der Waals surface area contributed by atoms with Crippen molar-refractivity contribution in [3.63, 3.8) is 0 Å². The minimum atomic E-state index is -0.442. The van der Waals surface area contributed by atoms with E-state index in [4.69, 9.17) is 14.5 Å². The van der Waals surface area contributed by atoms with Crippen LogP contribution in [0.4, 0.5) is 0 Å². The lowest BCUT2D eigenvalue weighted by molar-refractivity contribution is -0.144. The summed E-state index contributed by atoms with van der Waals surface area (Å²) in [4.78, 5) is 32.1. The molecule has 0 bridgehead atoms. The fraction of sp³-hybridized carbons (Fsp3) is 0.433. The summed E-state index contributed by atoms with van der Waals surface area (Å²) in [6.07, 6.45) is 5.11. The van der Waals surface area contributed by atoms with Crippen molar-refractivity contribution in [2.75, 3.05) is 6.61 Å². The maximum absolute atomic E-state index is 13.7. The van der Waals surface area contributed by atoms with Crippen LogP contribution in [0.3, 0.4) is 0 Å². The first-order valence-corrected chi connectivity index (χ1v) is 12.8. The first-order chi connectivity index (χ1) is 17.0.